The summed E-state index contributed by atoms with van der Waals surface area (Å²) < 4.78 is 23.5. The van der Waals surface area contributed by atoms with E-state index in [1.54, 1.807) is 25.1 Å². The van der Waals surface area contributed by atoms with Crippen LogP contribution in [-0.4, -0.2) is 20.1 Å². The lowest BCUT2D eigenvalue weighted by atomic mass is 10.1. The highest BCUT2D eigenvalue weighted by molar-refractivity contribution is 7.91. The summed E-state index contributed by atoms with van der Waals surface area (Å²) in [6.07, 6.45) is 3.23. The molecule has 0 heterocycles. The van der Waals surface area contributed by atoms with E-state index >= 15 is 0 Å². The Morgan fingerprint density at radius 3 is 2.33 bits per heavy atom. The lowest BCUT2D eigenvalue weighted by Gasteiger charge is -2.05. The third kappa shape index (κ3) is 4.55. The normalized spacial score (nSPS) is 11.6. The third-order valence-corrected chi connectivity index (χ3v) is 5.45. The summed E-state index contributed by atoms with van der Waals surface area (Å²) in [6, 6.07) is 12.2. The number of carbonyl (C=O) groups excluding carboxylic acids is 1. The van der Waals surface area contributed by atoms with E-state index in [1.165, 1.54) is 23.8 Å². The number of amides is 1. The van der Waals surface area contributed by atoms with Gasteiger partial charge in [-0.15, -0.1) is 0 Å². The van der Waals surface area contributed by atoms with Gasteiger partial charge in [0.15, 0.2) is 9.84 Å². The average molecular weight is 343 g/mol. The Bertz CT molecular complexity index is 866. The van der Waals surface area contributed by atoms with Crippen molar-refractivity contribution in [1.29, 1.82) is 0 Å². The van der Waals surface area contributed by atoms with Gasteiger partial charge in [-0.3, -0.25) is 4.79 Å². The first-order valence-corrected chi connectivity index (χ1v) is 9.36. The van der Waals surface area contributed by atoms with Gasteiger partial charge < -0.3 is 5.32 Å². The molecule has 0 bridgehead atoms. The van der Waals surface area contributed by atoms with Crippen LogP contribution in [0.25, 0.3) is 6.08 Å². The monoisotopic (exact) mass is 343 g/mol. The van der Waals surface area contributed by atoms with Gasteiger partial charge in [0, 0.05) is 11.8 Å². The number of carbonyl (C=O) groups is 1. The molecular formula is C19H21NO3S. The quantitative estimate of drug-likeness (QED) is 0.841. The van der Waals surface area contributed by atoms with Crippen LogP contribution in [0.1, 0.15) is 23.6 Å². The zero-order valence-electron chi connectivity index (χ0n) is 14.0. The number of aryl methyl sites for hydroxylation is 2. The van der Waals surface area contributed by atoms with Gasteiger partial charge in [0.2, 0.25) is 5.91 Å². The molecule has 0 saturated carbocycles. The lowest BCUT2D eigenvalue weighted by Crippen LogP contribution is -2.08. The van der Waals surface area contributed by atoms with E-state index in [-0.39, 0.29) is 16.6 Å². The molecule has 4 nitrogen and oxygen atoms in total. The first kappa shape index (κ1) is 17.9. The van der Waals surface area contributed by atoms with Crippen molar-refractivity contribution < 1.29 is 13.2 Å². The van der Waals surface area contributed by atoms with Gasteiger partial charge >= 0.3 is 0 Å². The van der Waals surface area contributed by atoms with Gasteiger partial charge in [0.25, 0.3) is 0 Å². The van der Waals surface area contributed by atoms with E-state index in [9.17, 15) is 13.2 Å². The topological polar surface area (TPSA) is 63.2 Å². The average Bonchev–Trinajstić information content (AvgIpc) is 2.54. The highest BCUT2D eigenvalue weighted by Crippen LogP contribution is 2.16. The van der Waals surface area contributed by atoms with E-state index in [0.717, 1.165) is 11.1 Å². The predicted octanol–water partition coefficient (Wildman–Crippen LogP) is 3.75. The van der Waals surface area contributed by atoms with E-state index in [2.05, 4.69) is 11.4 Å². The summed E-state index contributed by atoms with van der Waals surface area (Å²) in [5.74, 6) is -0.210. The Morgan fingerprint density at radius 1 is 1.08 bits per heavy atom. The first-order chi connectivity index (χ1) is 11.3. The van der Waals surface area contributed by atoms with Crippen molar-refractivity contribution in [1.82, 2.24) is 0 Å². The number of benzene rings is 2. The zero-order valence-corrected chi connectivity index (χ0v) is 14.9. The van der Waals surface area contributed by atoms with Crippen LogP contribution in [0, 0.1) is 13.8 Å². The van der Waals surface area contributed by atoms with Gasteiger partial charge in [-0.1, -0.05) is 30.7 Å². The van der Waals surface area contributed by atoms with Crippen molar-refractivity contribution in [3.05, 3.63) is 65.2 Å². The molecule has 5 heteroatoms. The summed E-state index contributed by atoms with van der Waals surface area (Å²) in [5, 5.41) is 2.72. The highest BCUT2D eigenvalue weighted by atomic mass is 32.2. The van der Waals surface area contributed by atoms with Crippen molar-refractivity contribution in [3.63, 3.8) is 0 Å². The van der Waals surface area contributed by atoms with Gasteiger partial charge in [0.1, 0.15) is 0 Å². The molecule has 2 aromatic rings. The van der Waals surface area contributed by atoms with E-state index in [4.69, 9.17) is 0 Å². The summed E-state index contributed by atoms with van der Waals surface area (Å²) in [6.45, 7) is 5.62. The Kier molecular flexibility index (Phi) is 5.57. The fourth-order valence-electron chi connectivity index (χ4n) is 2.27. The molecule has 0 atom stereocenters. The minimum absolute atomic E-state index is 0.0529. The van der Waals surface area contributed by atoms with Crippen molar-refractivity contribution in [2.45, 2.75) is 25.7 Å². The maximum atomic E-state index is 12.0. The van der Waals surface area contributed by atoms with E-state index < -0.39 is 9.84 Å². The molecule has 0 aromatic heterocycles. The number of anilines is 1. The molecule has 126 valence electrons. The standard InChI is InChI=1S/C19H21NO3S/c1-4-24(22,23)18-10-8-17(9-11-18)20-19(21)12-7-16-6-5-14(2)13-15(16)3/h5-13H,4H2,1-3H3,(H,20,21)/b12-7+. The molecule has 2 aromatic carbocycles. The zero-order chi connectivity index (χ0) is 17.7. The molecular weight excluding hydrogens is 322 g/mol. The predicted molar refractivity (Wildman–Crippen MR) is 97.7 cm³/mol. The van der Waals surface area contributed by atoms with Crippen molar-refractivity contribution in [3.8, 4) is 0 Å². The summed E-state index contributed by atoms with van der Waals surface area (Å²) >= 11 is 0. The first-order valence-electron chi connectivity index (χ1n) is 7.71. The van der Waals surface area contributed by atoms with E-state index in [1.807, 2.05) is 26.0 Å². The molecule has 0 aliphatic heterocycles. The van der Waals surface area contributed by atoms with Crippen LogP contribution in [0.4, 0.5) is 5.69 Å². The number of hydrogen-bond acceptors (Lipinski definition) is 3. The van der Waals surface area contributed by atoms with Crippen LogP contribution in [0.3, 0.4) is 0 Å². The summed E-state index contributed by atoms with van der Waals surface area (Å²) in [5.41, 5.74) is 3.82. The number of sulfone groups is 1. The molecule has 1 N–H and O–H groups in total. The van der Waals surface area contributed by atoms with Crippen LogP contribution in [0.2, 0.25) is 0 Å². The van der Waals surface area contributed by atoms with Crippen molar-refractivity contribution in [2.75, 3.05) is 11.1 Å². The van der Waals surface area contributed by atoms with Gasteiger partial charge in [-0.25, -0.2) is 8.42 Å². The SMILES string of the molecule is CCS(=O)(=O)c1ccc(NC(=O)/C=C/c2ccc(C)cc2C)cc1. The van der Waals surface area contributed by atoms with Crippen molar-refractivity contribution >= 4 is 27.5 Å². The van der Waals surface area contributed by atoms with Crippen LogP contribution >= 0.6 is 0 Å². The van der Waals surface area contributed by atoms with Gasteiger partial charge in [0.05, 0.1) is 10.6 Å². The smallest absolute Gasteiger partial charge is 0.248 e. The minimum Gasteiger partial charge on any atom is -0.323 e. The second-order valence-electron chi connectivity index (χ2n) is 5.61. The van der Waals surface area contributed by atoms with E-state index in [0.29, 0.717) is 5.69 Å². The van der Waals surface area contributed by atoms with Crippen LogP contribution < -0.4 is 5.32 Å². The molecule has 1 amide bonds. The number of rotatable bonds is 5. The lowest BCUT2D eigenvalue weighted by molar-refractivity contribution is -0.111. The van der Waals surface area contributed by atoms with Crippen LogP contribution in [0.15, 0.2) is 53.4 Å². The molecule has 0 saturated heterocycles. The number of hydrogen-bond donors (Lipinski definition) is 1. The largest absolute Gasteiger partial charge is 0.323 e. The maximum absolute atomic E-state index is 12.0. The summed E-state index contributed by atoms with van der Waals surface area (Å²) in [7, 11) is -3.22. The summed E-state index contributed by atoms with van der Waals surface area (Å²) in [4.78, 5) is 12.2. The number of nitrogens with one attached hydrogen (secondary N) is 1. The Hall–Kier alpha value is -2.40. The Balaban J connectivity index is 2.06. The highest BCUT2D eigenvalue weighted by Gasteiger charge is 2.10. The fraction of sp³-hybridized carbons (Fsp3) is 0.211. The molecule has 0 aliphatic rings. The van der Waals surface area contributed by atoms with Crippen molar-refractivity contribution in [2.24, 2.45) is 0 Å². The molecule has 2 rings (SSSR count). The van der Waals surface area contributed by atoms with Crippen LogP contribution in [-0.2, 0) is 14.6 Å². The maximum Gasteiger partial charge on any atom is 0.248 e. The second kappa shape index (κ2) is 7.45. The third-order valence-electron chi connectivity index (χ3n) is 3.70. The second-order valence-corrected chi connectivity index (χ2v) is 7.89. The fourth-order valence-corrected chi connectivity index (χ4v) is 3.16. The molecule has 0 spiro atoms. The molecule has 0 unspecified atom stereocenters. The molecule has 24 heavy (non-hydrogen) atoms. The Morgan fingerprint density at radius 2 is 1.75 bits per heavy atom. The van der Waals surface area contributed by atoms with Gasteiger partial charge in [-0.05, 0) is 55.3 Å². The molecule has 0 aliphatic carbocycles. The Labute approximate surface area is 143 Å². The van der Waals surface area contributed by atoms with Crippen LogP contribution in [0.5, 0.6) is 0 Å². The molecule has 0 fully saturated rings. The minimum atomic E-state index is -3.22. The molecule has 0 radical (unpaired) electrons. The van der Waals surface area contributed by atoms with Gasteiger partial charge in [-0.2, -0.15) is 0 Å².